The number of guanidine groups is 1. The van der Waals surface area contributed by atoms with E-state index in [2.05, 4.69) is 47.5 Å². The van der Waals surface area contributed by atoms with Crippen molar-refractivity contribution < 1.29 is 33.6 Å². The molecule has 8 amide bonds. The van der Waals surface area contributed by atoms with Crippen molar-refractivity contribution in [2.24, 2.45) is 33.7 Å². The van der Waals surface area contributed by atoms with Crippen molar-refractivity contribution in [3.8, 4) is 0 Å². The summed E-state index contributed by atoms with van der Waals surface area (Å²) in [5.41, 5.74) is 27.7. The summed E-state index contributed by atoms with van der Waals surface area (Å²) in [4.78, 5) is 93.7. The van der Waals surface area contributed by atoms with E-state index in [1.54, 1.807) is 0 Å². The van der Waals surface area contributed by atoms with Crippen LogP contribution in [0.1, 0.15) is 32.6 Å². The Bertz CT molecular complexity index is 1230. The molecule has 46 heavy (non-hydrogen) atoms. The van der Waals surface area contributed by atoms with Gasteiger partial charge in [0.05, 0.1) is 6.04 Å². The largest absolute Gasteiger partial charge is 0.370 e. The molecule has 0 aromatic rings. The van der Waals surface area contributed by atoms with Crippen molar-refractivity contribution in [3.63, 3.8) is 0 Å². The molecule has 0 aromatic carbocycles. The van der Waals surface area contributed by atoms with Gasteiger partial charge in [-0.1, -0.05) is 0 Å². The van der Waals surface area contributed by atoms with Gasteiger partial charge >= 0.3 is 6.03 Å². The zero-order chi connectivity index (χ0) is 34.4. The lowest BCUT2D eigenvalue weighted by molar-refractivity contribution is -0.133. The molecule has 2 aliphatic heterocycles. The Morgan fingerprint density at radius 3 is 2.41 bits per heavy atom. The number of amides is 8. The maximum Gasteiger partial charge on any atom is 0.316 e. The van der Waals surface area contributed by atoms with Crippen molar-refractivity contribution in [2.75, 3.05) is 26.2 Å². The fraction of sp³-hybridized carbons (Fsp3) is 0.600. The molecule has 0 aliphatic carbocycles. The number of aliphatic imine (C=N–C) groups is 1. The lowest BCUT2D eigenvalue weighted by Gasteiger charge is -2.31. The van der Waals surface area contributed by atoms with Crippen LogP contribution in [0.5, 0.6) is 0 Å². The monoisotopic (exact) mass is 652 g/mol. The minimum Gasteiger partial charge on any atom is -0.370 e. The van der Waals surface area contributed by atoms with E-state index in [4.69, 9.17) is 28.7 Å². The molecule has 0 unspecified atom stereocenters. The molecule has 0 saturated carbocycles. The molecule has 21 nitrogen and oxygen atoms in total. The number of primary amides is 1. The van der Waals surface area contributed by atoms with Gasteiger partial charge in [0.25, 0.3) is 5.91 Å². The quantitative estimate of drug-likeness (QED) is 0.103. The number of nitrogens with zero attached hydrogens (tertiary/aromatic N) is 1. The number of carbonyl (C=O) groups is 7. The summed E-state index contributed by atoms with van der Waals surface area (Å²) < 4.78 is 0. The van der Waals surface area contributed by atoms with Crippen LogP contribution in [0.3, 0.4) is 0 Å². The molecule has 0 radical (unpaired) electrons. The van der Waals surface area contributed by atoms with Gasteiger partial charge in [0, 0.05) is 38.3 Å². The van der Waals surface area contributed by atoms with Crippen LogP contribution < -0.4 is 71.2 Å². The highest BCUT2D eigenvalue weighted by molar-refractivity contribution is 6.02. The van der Waals surface area contributed by atoms with Crippen LogP contribution in [0.4, 0.5) is 4.79 Å². The lowest BCUT2D eigenvalue weighted by atomic mass is 10.0. The molecular formula is C25H44N14O7. The summed E-state index contributed by atoms with van der Waals surface area (Å²) in [6, 6.07) is -7.79. The lowest BCUT2D eigenvalue weighted by Crippen LogP contribution is -2.63. The van der Waals surface area contributed by atoms with Gasteiger partial charge < -0.3 is 71.2 Å². The van der Waals surface area contributed by atoms with Crippen LogP contribution in [0.15, 0.2) is 16.9 Å². The molecule has 2 rings (SSSR count). The Labute approximate surface area is 264 Å². The third-order valence-electron chi connectivity index (χ3n) is 6.84. The highest BCUT2D eigenvalue weighted by Gasteiger charge is 2.34. The van der Waals surface area contributed by atoms with E-state index in [1.165, 1.54) is 6.92 Å². The van der Waals surface area contributed by atoms with Gasteiger partial charge in [0.1, 0.15) is 29.9 Å². The summed E-state index contributed by atoms with van der Waals surface area (Å²) in [6.45, 7) is 1.08. The standard InChI is InChI=1S/C25H44N14O7/c1-11-19(41)36-15(9-32-17(40)7-12(27)3-2-5-26)21(43)37-16(10-34-25(30)46)22(44)39-18(14-4-6-31-24(29)38-14)23(45)33-8-13(28)20(42)35-11/h10-15,18H,2-9,26-28H2,1H3,(H,32,40)(H,33,45)(H,35,42)(H,36,41)(H,37,43)(H,39,44)(H3,29,31,38)(H3,30,34,46)/b16-10+/t11-,12-,13-,14+,15-,18-/m0/s1. The van der Waals surface area contributed by atoms with Crippen LogP contribution >= 0.6 is 0 Å². The predicted octanol–water partition coefficient (Wildman–Crippen LogP) is -7.21. The minimum absolute atomic E-state index is 0.0101. The molecule has 0 bridgehead atoms. The number of nitrogens with one attached hydrogen (secondary N) is 8. The highest BCUT2D eigenvalue weighted by atomic mass is 16.2. The highest BCUT2D eigenvalue weighted by Crippen LogP contribution is 2.07. The van der Waals surface area contributed by atoms with E-state index in [1.807, 2.05) is 0 Å². The molecule has 0 spiro atoms. The Morgan fingerprint density at radius 2 is 1.76 bits per heavy atom. The summed E-state index contributed by atoms with van der Waals surface area (Å²) in [6.07, 6.45) is 2.01. The number of hydrogen-bond acceptors (Lipinski definition) is 13. The molecule has 18 N–H and O–H groups in total. The van der Waals surface area contributed by atoms with E-state index in [0.29, 0.717) is 19.4 Å². The molecule has 2 heterocycles. The van der Waals surface area contributed by atoms with E-state index in [-0.39, 0.29) is 31.9 Å². The smallest absolute Gasteiger partial charge is 0.316 e. The van der Waals surface area contributed by atoms with Crippen molar-refractivity contribution >= 4 is 47.4 Å². The number of rotatable bonds is 9. The van der Waals surface area contributed by atoms with Gasteiger partial charge in [-0.2, -0.15) is 0 Å². The number of urea groups is 1. The zero-order valence-electron chi connectivity index (χ0n) is 25.4. The molecule has 1 saturated heterocycles. The fourth-order valence-corrected chi connectivity index (χ4v) is 4.28. The van der Waals surface area contributed by atoms with Gasteiger partial charge in [-0.25, -0.2) is 4.79 Å². The van der Waals surface area contributed by atoms with Gasteiger partial charge in [-0.05, 0) is 32.7 Å². The molecule has 21 heteroatoms. The van der Waals surface area contributed by atoms with Crippen molar-refractivity contribution in [1.29, 1.82) is 0 Å². The third kappa shape index (κ3) is 12.2. The second kappa shape index (κ2) is 18.1. The first kappa shape index (κ1) is 37.2. The summed E-state index contributed by atoms with van der Waals surface area (Å²) in [5, 5.41) is 19.4. The van der Waals surface area contributed by atoms with Crippen LogP contribution in [0.2, 0.25) is 0 Å². The first-order valence-electron chi connectivity index (χ1n) is 14.5. The van der Waals surface area contributed by atoms with Crippen molar-refractivity contribution in [1.82, 2.24) is 42.5 Å². The van der Waals surface area contributed by atoms with E-state index in [9.17, 15) is 33.6 Å². The van der Waals surface area contributed by atoms with Gasteiger partial charge in [-0.15, -0.1) is 0 Å². The van der Waals surface area contributed by atoms with Crippen LogP contribution in [0, 0.1) is 0 Å². The molecule has 1 fully saturated rings. The van der Waals surface area contributed by atoms with Crippen LogP contribution in [0.25, 0.3) is 0 Å². The predicted molar refractivity (Wildman–Crippen MR) is 163 cm³/mol. The van der Waals surface area contributed by atoms with Crippen molar-refractivity contribution in [3.05, 3.63) is 11.9 Å². The Balaban J connectivity index is 2.42. The number of hydrogen-bond donors (Lipinski definition) is 13. The maximum absolute atomic E-state index is 13.4. The van der Waals surface area contributed by atoms with Gasteiger partial charge in [0.15, 0.2) is 5.96 Å². The number of nitrogens with two attached hydrogens (primary N) is 5. The fourth-order valence-electron chi connectivity index (χ4n) is 4.28. The maximum atomic E-state index is 13.4. The second-order valence-corrected chi connectivity index (χ2v) is 10.7. The topological polar surface area (TPSA) is 358 Å². The molecule has 0 aromatic heterocycles. The van der Waals surface area contributed by atoms with Gasteiger partial charge in [-0.3, -0.25) is 33.8 Å². The molecule has 2 aliphatic rings. The van der Waals surface area contributed by atoms with Gasteiger partial charge in [0.2, 0.25) is 29.5 Å². The Hall–Kier alpha value is -5.02. The second-order valence-electron chi connectivity index (χ2n) is 10.7. The molecular weight excluding hydrogens is 608 g/mol. The third-order valence-corrected chi connectivity index (χ3v) is 6.84. The van der Waals surface area contributed by atoms with E-state index < -0.39 is 90.0 Å². The Kier molecular flexibility index (Phi) is 14.6. The van der Waals surface area contributed by atoms with E-state index in [0.717, 1.165) is 6.20 Å². The van der Waals surface area contributed by atoms with Crippen LogP contribution in [-0.4, -0.2) is 110 Å². The molecule has 6 atom stereocenters. The Morgan fingerprint density at radius 1 is 1.04 bits per heavy atom. The average Bonchev–Trinajstić information content (AvgIpc) is 3.00. The summed E-state index contributed by atoms with van der Waals surface area (Å²) in [7, 11) is 0. The SMILES string of the molecule is C[C@@H]1NC(=O)[C@@H](N)CNC(=O)[C@H]([C@H]2CCN=C(N)N2)NC(=O)/C(=C\NC(N)=O)NC(=O)[C@H](CNC(=O)C[C@@H](N)CCCN)NC1=O. The first-order chi connectivity index (χ1) is 21.7. The average molecular weight is 653 g/mol. The minimum atomic E-state index is -1.52. The summed E-state index contributed by atoms with van der Waals surface area (Å²) in [5.74, 6) is -5.04. The number of carbonyl (C=O) groups excluding carboxylic acids is 7. The van der Waals surface area contributed by atoms with Crippen molar-refractivity contribution in [2.45, 2.75) is 68.9 Å². The molecule has 256 valence electrons. The van der Waals surface area contributed by atoms with Crippen LogP contribution in [-0.2, 0) is 28.8 Å². The zero-order valence-corrected chi connectivity index (χ0v) is 25.4. The van der Waals surface area contributed by atoms with E-state index >= 15 is 0 Å². The summed E-state index contributed by atoms with van der Waals surface area (Å²) >= 11 is 0. The normalized spacial score (nSPS) is 26.6. The first-order valence-corrected chi connectivity index (χ1v) is 14.5.